The van der Waals surface area contributed by atoms with Crippen LogP contribution in [0.25, 0.3) is 11.3 Å². The van der Waals surface area contributed by atoms with Gasteiger partial charge >= 0.3 is 0 Å². The molecule has 0 bridgehead atoms. The largest absolute Gasteiger partial charge is 0.352 e. The molecule has 0 saturated carbocycles. The Hall–Kier alpha value is -3.28. The summed E-state index contributed by atoms with van der Waals surface area (Å²) in [6.07, 6.45) is 3.40. The molecule has 0 fully saturated rings. The van der Waals surface area contributed by atoms with Crippen LogP contribution in [0.4, 0.5) is 15.9 Å². The molecular weight excluding hydrogens is 343 g/mol. The Bertz CT molecular complexity index is 929. The van der Waals surface area contributed by atoms with Crippen LogP contribution in [-0.4, -0.2) is 22.4 Å². The number of hydrogen-bond donors (Lipinski definition) is 2. The first-order valence-electron chi connectivity index (χ1n) is 8.89. The minimum Gasteiger partial charge on any atom is -0.352 e. The van der Waals surface area contributed by atoms with E-state index in [1.807, 2.05) is 12.1 Å². The first-order valence-corrected chi connectivity index (χ1v) is 8.89. The fourth-order valence-electron chi connectivity index (χ4n) is 2.60. The summed E-state index contributed by atoms with van der Waals surface area (Å²) in [5.74, 6) is 0.144. The Labute approximate surface area is 157 Å². The maximum Gasteiger partial charge on any atom is 0.251 e. The van der Waals surface area contributed by atoms with E-state index in [0.717, 1.165) is 18.5 Å². The number of carbonyl (C=O) groups is 1. The van der Waals surface area contributed by atoms with Gasteiger partial charge in [0.05, 0.1) is 5.69 Å². The first kappa shape index (κ1) is 18.5. The van der Waals surface area contributed by atoms with E-state index in [9.17, 15) is 9.18 Å². The van der Waals surface area contributed by atoms with Crippen molar-refractivity contribution in [2.24, 2.45) is 0 Å². The third kappa shape index (κ3) is 5.10. The summed E-state index contributed by atoms with van der Waals surface area (Å²) < 4.78 is 13.4. The SMILES string of the molecule is CCCCNC(=O)c1cccc(Nc2cc(-c3cccc(F)c3)ncn2)c1. The van der Waals surface area contributed by atoms with Crippen LogP contribution in [0.3, 0.4) is 0 Å². The molecule has 0 spiro atoms. The number of unbranched alkanes of at least 4 members (excludes halogenated alkanes) is 1. The maximum atomic E-state index is 13.4. The van der Waals surface area contributed by atoms with E-state index in [1.54, 1.807) is 30.3 Å². The maximum absolute atomic E-state index is 13.4. The molecule has 0 saturated heterocycles. The van der Waals surface area contributed by atoms with E-state index in [1.165, 1.54) is 18.5 Å². The smallest absolute Gasteiger partial charge is 0.251 e. The Kier molecular flexibility index (Phi) is 6.10. The van der Waals surface area contributed by atoms with Crippen LogP contribution < -0.4 is 10.6 Å². The van der Waals surface area contributed by atoms with Gasteiger partial charge in [-0.1, -0.05) is 31.5 Å². The lowest BCUT2D eigenvalue weighted by atomic mass is 10.1. The van der Waals surface area contributed by atoms with Gasteiger partial charge in [0, 0.05) is 29.4 Å². The zero-order chi connectivity index (χ0) is 19.1. The van der Waals surface area contributed by atoms with E-state index >= 15 is 0 Å². The van der Waals surface area contributed by atoms with Crippen molar-refractivity contribution in [2.75, 3.05) is 11.9 Å². The minimum atomic E-state index is -0.317. The minimum absolute atomic E-state index is 0.102. The van der Waals surface area contributed by atoms with Gasteiger partial charge in [0.15, 0.2) is 0 Å². The quantitative estimate of drug-likeness (QED) is 0.603. The van der Waals surface area contributed by atoms with Crippen molar-refractivity contribution in [3.05, 3.63) is 72.3 Å². The van der Waals surface area contributed by atoms with Crippen LogP contribution in [0.2, 0.25) is 0 Å². The predicted molar refractivity (Wildman–Crippen MR) is 104 cm³/mol. The molecule has 0 aliphatic heterocycles. The topological polar surface area (TPSA) is 66.9 Å². The third-order valence-electron chi connectivity index (χ3n) is 4.00. The van der Waals surface area contributed by atoms with Gasteiger partial charge in [-0.15, -0.1) is 0 Å². The molecule has 1 heterocycles. The summed E-state index contributed by atoms with van der Waals surface area (Å²) in [5.41, 5.74) is 2.60. The molecule has 6 heteroatoms. The number of rotatable bonds is 7. The summed E-state index contributed by atoms with van der Waals surface area (Å²) in [6.45, 7) is 2.74. The van der Waals surface area contributed by atoms with Crippen molar-refractivity contribution >= 4 is 17.4 Å². The second kappa shape index (κ2) is 8.89. The predicted octanol–water partition coefficient (Wildman–Crippen LogP) is 4.56. The number of anilines is 2. The lowest BCUT2D eigenvalue weighted by Crippen LogP contribution is -2.24. The Balaban J connectivity index is 1.75. The molecular formula is C21H21FN4O. The highest BCUT2D eigenvalue weighted by Crippen LogP contribution is 2.22. The number of nitrogens with zero attached hydrogens (tertiary/aromatic N) is 2. The van der Waals surface area contributed by atoms with Crippen LogP contribution in [0, 0.1) is 5.82 Å². The van der Waals surface area contributed by atoms with E-state index in [4.69, 9.17) is 0 Å². The van der Waals surface area contributed by atoms with Crippen molar-refractivity contribution in [3.63, 3.8) is 0 Å². The summed E-state index contributed by atoms with van der Waals surface area (Å²) in [6, 6.07) is 15.2. The number of carbonyl (C=O) groups excluding carboxylic acids is 1. The van der Waals surface area contributed by atoms with E-state index in [-0.39, 0.29) is 11.7 Å². The zero-order valence-electron chi connectivity index (χ0n) is 15.1. The standard InChI is InChI=1S/C21H21FN4O/c1-2-3-10-23-21(27)16-7-5-9-18(12-16)26-20-13-19(24-14-25-20)15-6-4-8-17(22)11-15/h4-9,11-14H,2-3,10H2,1H3,(H,23,27)(H,24,25,26). The fourth-order valence-corrected chi connectivity index (χ4v) is 2.60. The molecule has 27 heavy (non-hydrogen) atoms. The highest BCUT2D eigenvalue weighted by molar-refractivity contribution is 5.95. The Morgan fingerprint density at radius 3 is 2.74 bits per heavy atom. The number of amides is 1. The van der Waals surface area contributed by atoms with Gasteiger partial charge in [0.1, 0.15) is 18.0 Å². The van der Waals surface area contributed by atoms with Gasteiger partial charge in [-0.25, -0.2) is 14.4 Å². The van der Waals surface area contributed by atoms with E-state index in [0.29, 0.717) is 29.2 Å². The van der Waals surface area contributed by atoms with Crippen LogP contribution >= 0.6 is 0 Å². The third-order valence-corrected chi connectivity index (χ3v) is 4.00. The van der Waals surface area contributed by atoms with Crippen LogP contribution in [0.5, 0.6) is 0 Å². The first-order chi connectivity index (χ1) is 13.2. The lowest BCUT2D eigenvalue weighted by molar-refractivity contribution is 0.0953. The summed E-state index contributed by atoms with van der Waals surface area (Å²) >= 11 is 0. The van der Waals surface area contributed by atoms with Gasteiger partial charge in [-0.3, -0.25) is 4.79 Å². The fraction of sp³-hybridized carbons (Fsp3) is 0.190. The molecule has 5 nitrogen and oxygen atoms in total. The van der Waals surface area contributed by atoms with Crippen molar-refractivity contribution in [1.82, 2.24) is 15.3 Å². The molecule has 0 radical (unpaired) electrons. The van der Waals surface area contributed by atoms with Crippen LogP contribution in [0.1, 0.15) is 30.1 Å². The van der Waals surface area contributed by atoms with Crippen molar-refractivity contribution < 1.29 is 9.18 Å². The van der Waals surface area contributed by atoms with Gasteiger partial charge < -0.3 is 10.6 Å². The number of aromatic nitrogens is 2. The van der Waals surface area contributed by atoms with Gasteiger partial charge in [-0.05, 0) is 36.8 Å². The lowest BCUT2D eigenvalue weighted by Gasteiger charge is -2.09. The number of halogens is 1. The zero-order valence-corrected chi connectivity index (χ0v) is 15.1. The van der Waals surface area contributed by atoms with Crippen molar-refractivity contribution in [1.29, 1.82) is 0 Å². The molecule has 3 rings (SSSR count). The van der Waals surface area contributed by atoms with Crippen molar-refractivity contribution in [2.45, 2.75) is 19.8 Å². The molecule has 0 aliphatic carbocycles. The molecule has 138 valence electrons. The van der Waals surface area contributed by atoms with Gasteiger partial charge in [0.2, 0.25) is 0 Å². The van der Waals surface area contributed by atoms with Crippen LogP contribution in [0.15, 0.2) is 60.9 Å². The highest BCUT2D eigenvalue weighted by Gasteiger charge is 2.07. The second-order valence-electron chi connectivity index (χ2n) is 6.11. The van der Waals surface area contributed by atoms with Crippen molar-refractivity contribution in [3.8, 4) is 11.3 Å². The summed E-state index contributed by atoms with van der Waals surface area (Å²) in [5, 5.41) is 6.07. The molecule has 0 unspecified atom stereocenters. The average molecular weight is 364 g/mol. The molecule has 0 aliphatic rings. The van der Waals surface area contributed by atoms with Gasteiger partial charge in [-0.2, -0.15) is 0 Å². The molecule has 1 amide bonds. The highest BCUT2D eigenvalue weighted by atomic mass is 19.1. The average Bonchev–Trinajstić information content (AvgIpc) is 2.68. The monoisotopic (exact) mass is 364 g/mol. The molecule has 2 N–H and O–H groups in total. The van der Waals surface area contributed by atoms with E-state index in [2.05, 4.69) is 27.5 Å². The molecule has 0 atom stereocenters. The second-order valence-corrected chi connectivity index (χ2v) is 6.11. The summed E-state index contributed by atoms with van der Waals surface area (Å²) in [7, 11) is 0. The Morgan fingerprint density at radius 1 is 1.07 bits per heavy atom. The number of benzene rings is 2. The summed E-state index contributed by atoms with van der Waals surface area (Å²) in [4.78, 5) is 20.6. The molecule has 1 aromatic heterocycles. The van der Waals surface area contributed by atoms with Gasteiger partial charge in [0.25, 0.3) is 5.91 Å². The molecule has 2 aromatic carbocycles. The van der Waals surface area contributed by atoms with Crippen LogP contribution in [-0.2, 0) is 0 Å². The normalized spacial score (nSPS) is 10.4. The number of hydrogen-bond acceptors (Lipinski definition) is 4. The molecule has 3 aromatic rings. The Morgan fingerprint density at radius 2 is 1.93 bits per heavy atom. The van der Waals surface area contributed by atoms with E-state index < -0.39 is 0 Å². The number of nitrogens with one attached hydrogen (secondary N) is 2.